The summed E-state index contributed by atoms with van der Waals surface area (Å²) in [6.45, 7) is 0.582. The summed E-state index contributed by atoms with van der Waals surface area (Å²) in [5, 5.41) is 7.94. The molecule has 0 aliphatic rings. The molecule has 0 unspecified atom stereocenters. The van der Waals surface area contributed by atoms with E-state index in [-0.39, 0.29) is 0 Å². The zero-order chi connectivity index (χ0) is 17.5. The van der Waals surface area contributed by atoms with E-state index in [1.54, 1.807) is 0 Å². The second-order valence-electron chi connectivity index (χ2n) is 6.79. The van der Waals surface area contributed by atoms with Crippen molar-refractivity contribution in [3.8, 4) is 0 Å². The molecule has 2 N–H and O–H groups in total. The van der Waals surface area contributed by atoms with Crippen LogP contribution in [0.1, 0.15) is 16.7 Å². The predicted octanol–water partition coefficient (Wildman–Crippen LogP) is 6.21. The molecule has 5 rings (SSSR count). The van der Waals surface area contributed by atoms with Gasteiger partial charge in [0.15, 0.2) is 0 Å². The third kappa shape index (κ3) is 2.37. The molecule has 5 aromatic rings. The standard InChI is InChI=1S/C25H19N/c26-16-18-6-4-17(5-7-18)8-9-19-10-11-22-13-12-20-2-1-3-21-14-15-23(19)25(22)24(20)21/h1-15H,16,26H2. The van der Waals surface area contributed by atoms with Crippen molar-refractivity contribution in [1.82, 2.24) is 0 Å². The average Bonchev–Trinajstić information content (AvgIpc) is 2.71. The van der Waals surface area contributed by atoms with Crippen LogP contribution in [0, 0.1) is 0 Å². The van der Waals surface area contributed by atoms with Gasteiger partial charge in [0, 0.05) is 6.54 Å². The summed E-state index contributed by atoms with van der Waals surface area (Å²) >= 11 is 0. The molecule has 0 spiro atoms. The predicted molar refractivity (Wildman–Crippen MR) is 113 cm³/mol. The molecule has 0 bridgehead atoms. The largest absolute Gasteiger partial charge is 0.326 e. The molecule has 124 valence electrons. The lowest BCUT2D eigenvalue weighted by molar-refractivity contribution is 1.07. The molecule has 26 heavy (non-hydrogen) atoms. The van der Waals surface area contributed by atoms with Gasteiger partial charge in [0.1, 0.15) is 0 Å². The molecule has 0 fully saturated rings. The number of nitrogens with two attached hydrogens (primary N) is 1. The maximum Gasteiger partial charge on any atom is 0.0178 e. The first-order valence-corrected chi connectivity index (χ1v) is 8.97. The normalized spacial score (nSPS) is 12.0. The van der Waals surface area contributed by atoms with Gasteiger partial charge in [-0.25, -0.2) is 0 Å². The number of hydrogen-bond donors (Lipinski definition) is 1. The fraction of sp³-hybridized carbons (Fsp3) is 0.0400. The van der Waals surface area contributed by atoms with E-state index in [2.05, 4.69) is 91.0 Å². The first-order chi connectivity index (χ1) is 12.8. The Kier molecular flexibility index (Phi) is 3.48. The van der Waals surface area contributed by atoms with E-state index in [0.717, 1.165) is 5.56 Å². The lowest BCUT2D eigenvalue weighted by Crippen LogP contribution is -1.94. The van der Waals surface area contributed by atoms with Gasteiger partial charge in [-0.05, 0) is 49.0 Å². The Morgan fingerprint density at radius 3 is 2.00 bits per heavy atom. The van der Waals surface area contributed by atoms with E-state index in [4.69, 9.17) is 5.73 Å². The van der Waals surface area contributed by atoms with Crippen molar-refractivity contribution in [1.29, 1.82) is 0 Å². The third-order valence-corrected chi connectivity index (χ3v) is 5.23. The van der Waals surface area contributed by atoms with Gasteiger partial charge in [-0.15, -0.1) is 0 Å². The summed E-state index contributed by atoms with van der Waals surface area (Å²) in [4.78, 5) is 0. The van der Waals surface area contributed by atoms with Crippen molar-refractivity contribution >= 4 is 44.5 Å². The van der Waals surface area contributed by atoms with Crippen molar-refractivity contribution < 1.29 is 0 Å². The Hall–Kier alpha value is -3.16. The van der Waals surface area contributed by atoms with Gasteiger partial charge in [0.2, 0.25) is 0 Å². The van der Waals surface area contributed by atoms with Crippen LogP contribution in [0.5, 0.6) is 0 Å². The third-order valence-electron chi connectivity index (χ3n) is 5.23. The SMILES string of the molecule is NCc1ccc(C=Cc2ccc3ccc4cccc5ccc2c3c45)cc1. The van der Waals surface area contributed by atoms with E-state index in [0.29, 0.717) is 6.54 Å². The number of benzene rings is 5. The van der Waals surface area contributed by atoms with Crippen LogP contribution in [0.15, 0.2) is 78.9 Å². The average molecular weight is 333 g/mol. The Morgan fingerprint density at radius 2 is 1.27 bits per heavy atom. The highest BCUT2D eigenvalue weighted by Crippen LogP contribution is 2.36. The van der Waals surface area contributed by atoms with Crippen LogP contribution in [0.4, 0.5) is 0 Å². The second-order valence-corrected chi connectivity index (χ2v) is 6.79. The summed E-state index contributed by atoms with van der Waals surface area (Å²) in [6.07, 6.45) is 4.38. The van der Waals surface area contributed by atoms with E-state index in [1.165, 1.54) is 43.4 Å². The highest BCUT2D eigenvalue weighted by molar-refractivity contribution is 6.24. The molecule has 0 aromatic heterocycles. The molecular formula is C25H19N. The fourth-order valence-electron chi connectivity index (χ4n) is 3.85. The molecule has 0 atom stereocenters. The molecule has 0 heterocycles. The molecule has 0 saturated carbocycles. The highest BCUT2D eigenvalue weighted by Gasteiger charge is 2.09. The van der Waals surface area contributed by atoms with Crippen LogP contribution in [0.2, 0.25) is 0 Å². The maximum atomic E-state index is 5.68. The topological polar surface area (TPSA) is 26.0 Å². The molecule has 5 aromatic carbocycles. The number of hydrogen-bond acceptors (Lipinski definition) is 1. The van der Waals surface area contributed by atoms with Gasteiger partial charge in [0.25, 0.3) is 0 Å². The summed E-state index contributed by atoms with van der Waals surface area (Å²) in [5.41, 5.74) is 9.27. The van der Waals surface area contributed by atoms with Gasteiger partial charge < -0.3 is 5.73 Å². The minimum absolute atomic E-state index is 0.582. The molecule has 1 heteroatoms. The van der Waals surface area contributed by atoms with Crippen LogP contribution >= 0.6 is 0 Å². The Morgan fingerprint density at radius 1 is 0.615 bits per heavy atom. The number of rotatable bonds is 3. The van der Waals surface area contributed by atoms with Crippen LogP contribution in [0.3, 0.4) is 0 Å². The molecule has 0 amide bonds. The smallest absolute Gasteiger partial charge is 0.0178 e. The molecule has 1 nitrogen and oxygen atoms in total. The van der Waals surface area contributed by atoms with Crippen LogP contribution in [-0.4, -0.2) is 0 Å². The maximum absolute atomic E-state index is 5.68. The van der Waals surface area contributed by atoms with Gasteiger partial charge in [-0.1, -0.05) is 91.0 Å². The second kappa shape index (κ2) is 5.98. The van der Waals surface area contributed by atoms with Crippen LogP contribution in [-0.2, 0) is 6.54 Å². The van der Waals surface area contributed by atoms with Gasteiger partial charge >= 0.3 is 0 Å². The molecular weight excluding hydrogens is 314 g/mol. The van der Waals surface area contributed by atoms with Crippen LogP contribution in [0.25, 0.3) is 44.5 Å². The molecule has 0 aliphatic carbocycles. The van der Waals surface area contributed by atoms with Crippen LogP contribution < -0.4 is 5.73 Å². The lowest BCUT2D eigenvalue weighted by atomic mass is 9.92. The molecule has 0 radical (unpaired) electrons. The van der Waals surface area contributed by atoms with E-state index in [1.807, 2.05) is 0 Å². The Bertz CT molecular complexity index is 1230. The minimum Gasteiger partial charge on any atom is -0.326 e. The summed E-state index contributed by atoms with van der Waals surface area (Å²) in [7, 11) is 0. The monoisotopic (exact) mass is 333 g/mol. The van der Waals surface area contributed by atoms with Gasteiger partial charge in [-0.2, -0.15) is 0 Å². The lowest BCUT2D eigenvalue weighted by Gasteiger charge is -2.12. The highest BCUT2D eigenvalue weighted by atomic mass is 14.5. The van der Waals surface area contributed by atoms with Crippen molar-refractivity contribution in [3.63, 3.8) is 0 Å². The van der Waals surface area contributed by atoms with Crippen molar-refractivity contribution in [2.75, 3.05) is 0 Å². The quantitative estimate of drug-likeness (QED) is 0.308. The van der Waals surface area contributed by atoms with Crippen molar-refractivity contribution in [3.05, 3.63) is 95.6 Å². The first kappa shape index (κ1) is 15.1. The first-order valence-electron chi connectivity index (χ1n) is 8.97. The Balaban J connectivity index is 1.69. The fourth-order valence-corrected chi connectivity index (χ4v) is 3.85. The summed E-state index contributed by atoms with van der Waals surface area (Å²) < 4.78 is 0. The van der Waals surface area contributed by atoms with Crippen molar-refractivity contribution in [2.24, 2.45) is 5.73 Å². The zero-order valence-electron chi connectivity index (χ0n) is 14.4. The zero-order valence-corrected chi connectivity index (χ0v) is 14.4. The van der Waals surface area contributed by atoms with E-state index in [9.17, 15) is 0 Å². The van der Waals surface area contributed by atoms with E-state index < -0.39 is 0 Å². The molecule has 0 aliphatic heterocycles. The van der Waals surface area contributed by atoms with Gasteiger partial charge in [-0.3, -0.25) is 0 Å². The van der Waals surface area contributed by atoms with Crippen molar-refractivity contribution in [2.45, 2.75) is 6.54 Å². The summed E-state index contributed by atoms with van der Waals surface area (Å²) in [5.74, 6) is 0. The van der Waals surface area contributed by atoms with Gasteiger partial charge in [0.05, 0.1) is 0 Å². The minimum atomic E-state index is 0.582. The molecule has 0 saturated heterocycles. The Labute approximate surface area is 152 Å². The van der Waals surface area contributed by atoms with E-state index >= 15 is 0 Å². The summed E-state index contributed by atoms with van der Waals surface area (Å²) in [6, 6.07) is 28.3.